The van der Waals surface area contributed by atoms with Gasteiger partial charge in [0.05, 0.1) is 19.2 Å². The van der Waals surface area contributed by atoms with E-state index in [4.69, 9.17) is 4.74 Å². The molecule has 2 heterocycles. The molecule has 4 rings (SSSR count). The van der Waals surface area contributed by atoms with Crippen LogP contribution in [0.1, 0.15) is 55.0 Å². The van der Waals surface area contributed by atoms with Gasteiger partial charge in [-0.25, -0.2) is 17.6 Å². The van der Waals surface area contributed by atoms with Crippen LogP contribution in [-0.4, -0.2) is 53.4 Å². The molecule has 38 heavy (non-hydrogen) atoms. The third kappa shape index (κ3) is 6.27. The van der Waals surface area contributed by atoms with Crippen LogP contribution in [0.25, 0.3) is 10.9 Å². The third-order valence-electron chi connectivity index (χ3n) is 7.85. The predicted octanol–water partition coefficient (Wildman–Crippen LogP) is 5.65. The Bertz CT molecular complexity index is 1240. The van der Waals surface area contributed by atoms with E-state index in [-0.39, 0.29) is 31.6 Å². The Hall–Kier alpha value is -2.75. The summed E-state index contributed by atoms with van der Waals surface area (Å²) in [6, 6.07) is 6.82. The molecule has 5 nitrogen and oxygen atoms in total. The number of hydrogen-bond acceptors (Lipinski definition) is 5. The van der Waals surface area contributed by atoms with Gasteiger partial charge >= 0.3 is 0 Å². The maximum absolute atomic E-state index is 15.7. The first-order chi connectivity index (χ1) is 18.3. The van der Waals surface area contributed by atoms with Crippen LogP contribution in [-0.2, 0) is 13.0 Å². The number of aliphatic hydroxyl groups is 2. The molecule has 2 N–H and O–H groups in total. The molecule has 0 radical (unpaired) electrons. The summed E-state index contributed by atoms with van der Waals surface area (Å²) < 4.78 is 61.8. The number of aromatic nitrogens is 1. The van der Waals surface area contributed by atoms with Crippen molar-refractivity contribution in [3.63, 3.8) is 0 Å². The molecule has 3 aromatic rings. The van der Waals surface area contributed by atoms with Crippen molar-refractivity contribution in [1.29, 1.82) is 0 Å². The van der Waals surface area contributed by atoms with Crippen molar-refractivity contribution in [3.05, 3.63) is 70.7 Å². The topological polar surface area (TPSA) is 65.8 Å². The molecule has 1 aliphatic rings. The van der Waals surface area contributed by atoms with Crippen LogP contribution in [0.15, 0.2) is 36.5 Å². The van der Waals surface area contributed by atoms with Gasteiger partial charge in [-0.3, -0.25) is 4.98 Å². The Labute approximate surface area is 220 Å². The second-order valence-corrected chi connectivity index (χ2v) is 10.2. The summed E-state index contributed by atoms with van der Waals surface area (Å²) in [5, 5.41) is 20.7. The van der Waals surface area contributed by atoms with Crippen LogP contribution in [0.4, 0.5) is 17.6 Å². The van der Waals surface area contributed by atoms with Crippen molar-refractivity contribution in [3.8, 4) is 5.75 Å². The summed E-state index contributed by atoms with van der Waals surface area (Å²) in [5.74, 6) is -2.40. The number of ether oxygens (including phenoxy) is 1. The van der Waals surface area contributed by atoms with Crippen molar-refractivity contribution in [2.75, 3.05) is 33.4 Å². The van der Waals surface area contributed by atoms with E-state index in [0.29, 0.717) is 79.2 Å². The molecule has 0 bridgehead atoms. The highest BCUT2D eigenvalue weighted by Gasteiger charge is 2.35. The smallest absolute Gasteiger partial charge is 0.162 e. The van der Waals surface area contributed by atoms with Crippen LogP contribution in [0, 0.1) is 22.9 Å². The fourth-order valence-corrected chi connectivity index (χ4v) is 5.46. The molecule has 1 aromatic heterocycles. The molecule has 2 aromatic carbocycles. The Morgan fingerprint density at radius 3 is 2.53 bits per heavy atom. The number of aryl methyl sites for hydroxylation is 1. The number of methoxy groups -OCH3 is 1. The van der Waals surface area contributed by atoms with Gasteiger partial charge in [-0.05, 0) is 93.4 Å². The van der Waals surface area contributed by atoms with Gasteiger partial charge in [0.15, 0.2) is 11.6 Å². The number of aliphatic hydroxyl groups excluding tert-OH is 2. The lowest BCUT2D eigenvalue weighted by Crippen LogP contribution is -2.42. The lowest BCUT2D eigenvalue weighted by atomic mass is 9.74. The van der Waals surface area contributed by atoms with Crippen molar-refractivity contribution in [1.82, 2.24) is 9.88 Å². The van der Waals surface area contributed by atoms with E-state index < -0.39 is 29.0 Å². The number of benzene rings is 2. The van der Waals surface area contributed by atoms with Gasteiger partial charge in [0, 0.05) is 35.4 Å². The molecule has 206 valence electrons. The quantitative estimate of drug-likeness (QED) is 0.246. The largest absolute Gasteiger partial charge is 0.497 e. The van der Waals surface area contributed by atoms with Gasteiger partial charge in [0.2, 0.25) is 0 Å². The third-order valence-corrected chi connectivity index (χ3v) is 7.85. The molecular weight excluding hydrogens is 500 g/mol. The van der Waals surface area contributed by atoms with Crippen molar-refractivity contribution in [2.45, 2.75) is 51.3 Å². The van der Waals surface area contributed by atoms with Crippen molar-refractivity contribution in [2.24, 2.45) is 5.41 Å². The minimum atomic E-state index is -1.35. The summed E-state index contributed by atoms with van der Waals surface area (Å²) in [4.78, 5) is 6.51. The summed E-state index contributed by atoms with van der Waals surface area (Å²) in [7, 11) is 1.54. The second kappa shape index (κ2) is 12.4. The fraction of sp³-hybridized carbons (Fsp3) is 0.483. The van der Waals surface area contributed by atoms with E-state index in [9.17, 15) is 23.4 Å². The number of likely N-dealkylation sites (tertiary alicyclic amines) is 1. The maximum atomic E-state index is 15.7. The van der Waals surface area contributed by atoms with Crippen molar-refractivity contribution < 1.29 is 32.5 Å². The summed E-state index contributed by atoms with van der Waals surface area (Å²) >= 11 is 0. The lowest BCUT2D eigenvalue weighted by molar-refractivity contribution is 0.0299. The Morgan fingerprint density at radius 2 is 1.84 bits per heavy atom. The first-order valence-corrected chi connectivity index (χ1v) is 13.0. The lowest BCUT2D eigenvalue weighted by Gasteiger charge is -2.41. The van der Waals surface area contributed by atoms with E-state index >= 15 is 4.39 Å². The van der Waals surface area contributed by atoms with Gasteiger partial charge in [-0.15, -0.1) is 0 Å². The zero-order valence-electron chi connectivity index (χ0n) is 21.5. The average Bonchev–Trinajstić information content (AvgIpc) is 2.94. The van der Waals surface area contributed by atoms with Crippen molar-refractivity contribution >= 4 is 10.9 Å². The number of alkyl halides is 1. The van der Waals surface area contributed by atoms with Gasteiger partial charge in [0.25, 0.3) is 0 Å². The number of piperidine rings is 1. The maximum Gasteiger partial charge on any atom is 0.162 e. The number of hydrogen-bond donors (Lipinski definition) is 2. The molecule has 1 aliphatic heterocycles. The predicted molar refractivity (Wildman–Crippen MR) is 137 cm³/mol. The Morgan fingerprint density at radius 1 is 1.08 bits per heavy atom. The highest BCUT2D eigenvalue weighted by Crippen LogP contribution is 2.41. The van der Waals surface area contributed by atoms with Gasteiger partial charge in [-0.2, -0.15) is 0 Å². The molecule has 0 saturated carbocycles. The molecule has 0 spiro atoms. The van der Waals surface area contributed by atoms with E-state index in [2.05, 4.69) is 9.88 Å². The highest BCUT2D eigenvalue weighted by atomic mass is 19.2. The molecular formula is C29H34F4N2O3. The van der Waals surface area contributed by atoms with E-state index in [1.165, 1.54) is 13.3 Å². The summed E-state index contributed by atoms with van der Waals surface area (Å²) in [6.45, 7) is 1.63. The first-order valence-electron chi connectivity index (χ1n) is 13.0. The highest BCUT2D eigenvalue weighted by molar-refractivity contribution is 5.85. The number of halogens is 4. The molecule has 1 atom stereocenters. The van der Waals surface area contributed by atoms with Crippen LogP contribution < -0.4 is 4.74 Å². The van der Waals surface area contributed by atoms with Crippen LogP contribution in [0.2, 0.25) is 0 Å². The normalized spacial score (nSPS) is 16.6. The molecule has 0 amide bonds. The minimum absolute atomic E-state index is 0.0294. The number of pyridine rings is 1. The molecule has 0 unspecified atom stereocenters. The first kappa shape index (κ1) is 28.3. The molecule has 1 saturated heterocycles. The Balaban J connectivity index is 1.35. The zero-order valence-corrected chi connectivity index (χ0v) is 21.5. The Kier molecular flexibility index (Phi) is 9.23. The van der Waals surface area contributed by atoms with E-state index in [1.807, 2.05) is 0 Å². The number of rotatable bonds is 11. The number of nitrogens with zero attached hydrogens (tertiary/aromatic N) is 2. The zero-order chi connectivity index (χ0) is 27.3. The van der Waals surface area contributed by atoms with Gasteiger partial charge < -0.3 is 19.8 Å². The second-order valence-electron chi connectivity index (χ2n) is 10.2. The van der Waals surface area contributed by atoms with E-state index in [0.717, 1.165) is 6.07 Å². The summed E-state index contributed by atoms with van der Waals surface area (Å²) in [5.41, 5.74) is 1.07. The van der Waals surface area contributed by atoms with Crippen LogP contribution >= 0.6 is 0 Å². The van der Waals surface area contributed by atoms with Gasteiger partial charge in [-0.1, -0.05) is 0 Å². The number of fused-ring (bicyclic) bond motifs is 1. The van der Waals surface area contributed by atoms with Gasteiger partial charge in [0.1, 0.15) is 17.7 Å². The molecule has 1 fully saturated rings. The monoisotopic (exact) mass is 534 g/mol. The molecule has 9 heteroatoms. The molecule has 0 aliphatic carbocycles. The fourth-order valence-electron chi connectivity index (χ4n) is 5.46. The standard InChI is InChI=1S/C29H34F4N2O3/c1-38-22-4-5-26-23(15-22)27(20(17-36)16-34-26)24(31)6-7-29(18-37)8-11-35(12-9-29)10-2-3-19-13-21(30)14-25(32)28(19)33/h4-5,13-16,24,36-37H,2-3,6-12,17-18H2,1H3/t24-/m0/s1. The van der Waals surface area contributed by atoms with E-state index in [1.54, 1.807) is 18.2 Å². The van der Waals surface area contributed by atoms with Crippen LogP contribution in [0.3, 0.4) is 0 Å². The summed E-state index contributed by atoms with van der Waals surface area (Å²) in [6.07, 6.45) is 2.94. The minimum Gasteiger partial charge on any atom is -0.497 e. The average molecular weight is 535 g/mol. The SMILES string of the molecule is COc1ccc2ncc(CO)c([C@@H](F)CCC3(CO)CCN(CCCc4cc(F)cc(F)c4F)CC3)c2c1. The van der Waals surface area contributed by atoms with Crippen LogP contribution in [0.5, 0.6) is 5.75 Å².